The van der Waals surface area contributed by atoms with E-state index in [9.17, 15) is 22.0 Å². The lowest BCUT2D eigenvalue weighted by Gasteiger charge is -2.33. The highest BCUT2D eigenvalue weighted by Crippen LogP contribution is 2.34. The van der Waals surface area contributed by atoms with Crippen molar-refractivity contribution in [3.63, 3.8) is 0 Å². The third kappa shape index (κ3) is 4.91. The number of rotatable bonds is 6. The van der Waals surface area contributed by atoms with Gasteiger partial charge in [-0.25, -0.2) is 21.9 Å². The van der Waals surface area contributed by atoms with E-state index in [1.807, 2.05) is 19.1 Å². The number of hydrogen-bond acceptors (Lipinski definition) is 3. The molecule has 5 nitrogen and oxygen atoms in total. The zero-order valence-corrected chi connectivity index (χ0v) is 19.3. The summed E-state index contributed by atoms with van der Waals surface area (Å²) in [5.41, 5.74) is 2.91. The molecule has 1 aliphatic rings. The number of aryl methyl sites for hydroxylation is 2. The first-order valence-electron chi connectivity index (χ1n) is 10.9. The summed E-state index contributed by atoms with van der Waals surface area (Å²) in [5, 5.41) is 0. The van der Waals surface area contributed by atoms with E-state index in [1.165, 1.54) is 12.1 Å². The summed E-state index contributed by atoms with van der Waals surface area (Å²) < 4.78 is 56.6. The Kier molecular flexibility index (Phi) is 6.50. The monoisotopic (exact) mass is 472 g/mol. The summed E-state index contributed by atoms with van der Waals surface area (Å²) in [6.07, 6.45) is 4.44. The molecule has 1 heterocycles. The average molecular weight is 473 g/mol. The number of halogens is 2. The summed E-state index contributed by atoms with van der Waals surface area (Å²) >= 11 is 0. The number of hydrogen-bond donors (Lipinski definition) is 1. The fourth-order valence-electron chi connectivity index (χ4n) is 4.71. The largest absolute Gasteiger partial charge is 0.316 e. The maximum Gasteiger partial charge on any atom is 0.254 e. The zero-order valence-electron chi connectivity index (χ0n) is 18.5. The van der Waals surface area contributed by atoms with Crippen LogP contribution < -0.4 is 10.3 Å². The molecule has 174 valence electrons. The van der Waals surface area contributed by atoms with Gasteiger partial charge in [0.2, 0.25) is 10.0 Å². The molecule has 0 spiro atoms. The number of nitrogens with zero attached hydrogens (tertiary/aromatic N) is 1. The molecule has 0 saturated carbocycles. The third-order valence-electron chi connectivity index (χ3n) is 6.23. The first-order valence-corrected chi connectivity index (χ1v) is 12.8. The molecule has 0 amide bonds. The molecule has 0 unspecified atom stereocenters. The summed E-state index contributed by atoms with van der Waals surface area (Å²) in [5.74, 6) is -2.22. The van der Waals surface area contributed by atoms with E-state index in [4.69, 9.17) is 0 Å². The van der Waals surface area contributed by atoms with Crippen LogP contribution in [0.15, 0.2) is 59.5 Å². The Morgan fingerprint density at radius 1 is 1.12 bits per heavy atom. The minimum atomic E-state index is -3.49. The van der Waals surface area contributed by atoms with Crippen molar-refractivity contribution in [2.75, 3.05) is 6.26 Å². The Hall–Kier alpha value is -2.84. The Labute approximate surface area is 192 Å². The molecular formula is C25H26F2N2O3S. The molecule has 1 aromatic heterocycles. The molecule has 0 radical (unpaired) electrons. The fraction of sp³-hybridized carbons (Fsp3) is 0.320. The van der Waals surface area contributed by atoms with Crippen molar-refractivity contribution in [2.45, 2.75) is 44.7 Å². The molecule has 0 fully saturated rings. The minimum absolute atomic E-state index is 0.118. The smallest absolute Gasteiger partial charge is 0.254 e. The second-order valence-corrected chi connectivity index (χ2v) is 10.3. The van der Waals surface area contributed by atoms with Gasteiger partial charge in [0.1, 0.15) is 0 Å². The second kappa shape index (κ2) is 9.19. The van der Waals surface area contributed by atoms with E-state index in [0.29, 0.717) is 36.9 Å². The van der Waals surface area contributed by atoms with Crippen molar-refractivity contribution in [3.8, 4) is 11.1 Å². The van der Waals surface area contributed by atoms with E-state index in [0.717, 1.165) is 23.4 Å². The molecule has 8 heteroatoms. The van der Waals surface area contributed by atoms with Crippen LogP contribution in [0.5, 0.6) is 0 Å². The van der Waals surface area contributed by atoms with Gasteiger partial charge in [0, 0.05) is 35.8 Å². The van der Waals surface area contributed by atoms with Crippen LogP contribution in [-0.4, -0.2) is 25.3 Å². The van der Waals surface area contributed by atoms with E-state index in [1.54, 1.807) is 29.0 Å². The summed E-state index contributed by atoms with van der Waals surface area (Å²) in [6, 6.07) is 12.6. The topological polar surface area (TPSA) is 68.2 Å². The highest BCUT2D eigenvalue weighted by molar-refractivity contribution is 7.88. The number of nitrogens with one attached hydrogen (secondary N) is 1. The summed E-state index contributed by atoms with van der Waals surface area (Å²) in [6.45, 7) is 2.40. The maximum atomic E-state index is 14.4. The lowest BCUT2D eigenvalue weighted by Crippen LogP contribution is -2.45. The SMILES string of the molecule is CCn1ccc2c(c1=O)[C@@H](Cc1cccc(-c3cccc(F)c3F)c1)[C@@H](NS(C)(=O)=O)CC2. The fourth-order valence-corrected chi connectivity index (χ4v) is 5.55. The van der Waals surface area contributed by atoms with Gasteiger partial charge < -0.3 is 4.57 Å². The van der Waals surface area contributed by atoms with Gasteiger partial charge in [0.05, 0.1) is 6.26 Å². The summed E-state index contributed by atoms with van der Waals surface area (Å²) in [7, 11) is -3.49. The molecular weight excluding hydrogens is 446 g/mol. The lowest BCUT2D eigenvalue weighted by molar-refractivity contribution is 0.424. The van der Waals surface area contributed by atoms with Crippen LogP contribution >= 0.6 is 0 Å². The molecule has 4 rings (SSSR count). The van der Waals surface area contributed by atoms with Crippen LogP contribution in [0.2, 0.25) is 0 Å². The van der Waals surface area contributed by atoms with Gasteiger partial charge in [-0.05, 0) is 55.0 Å². The van der Waals surface area contributed by atoms with Crippen molar-refractivity contribution in [1.29, 1.82) is 0 Å². The maximum absolute atomic E-state index is 14.4. The van der Waals surface area contributed by atoms with Crippen molar-refractivity contribution in [2.24, 2.45) is 0 Å². The lowest BCUT2D eigenvalue weighted by atomic mass is 9.77. The number of benzene rings is 2. The Morgan fingerprint density at radius 2 is 1.88 bits per heavy atom. The van der Waals surface area contributed by atoms with Crippen molar-refractivity contribution < 1.29 is 17.2 Å². The van der Waals surface area contributed by atoms with Gasteiger partial charge in [-0.3, -0.25) is 4.79 Å². The second-order valence-electron chi connectivity index (χ2n) is 8.49. The van der Waals surface area contributed by atoms with Crippen LogP contribution in [0.25, 0.3) is 11.1 Å². The predicted molar refractivity (Wildman–Crippen MR) is 125 cm³/mol. The number of fused-ring (bicyclic) bond motifs is 1. The van der Waals surface area contributed by atoms with Gasteiger partial charge in [-0.15, -0.1) is 0 Å². The molecule has 1 aliphatic carbocycles. The zero-order chi connectivity index (χ0) is 23.8. The molecule has 0 aliphatic heterocycles. The Bertz CT molecular complexity index is 1350. The van der Waals surface area contributed by atoms with Crippen LogP contribution in [0.4, 0.5) is 8.78 Å². The van der Waals surface area contributed by atoms with Gasteiger partial charge in [0.25, 0.3) is 5.56 Å². The van der Waals surface area contributed by atoms with Gasteiger partial charge in [-0.1, -0.05) is 36.4 Å². The summed E-state index contributed by atoms with van der Waals surface area (Å²) in [4.78, 5) is 13.2. The quantitative estimate of drug-likeness (QED) is 0.590. The molecule has 33 heavy (non-hydrogen) atoms. The Morgan fingerprint density at radius 3 is 2.61 bits per heavy atom. The first kappa shape index (κ1) is 23.3. The van der Waals surface area contributed by atoms with Crippen LogP contribution in [-0.2, 0) is 29.4 Å². The van der Waals surface area contributed by atoms with Crippen molar-refractivity contribution >= 4 is 10.0 Å². The van der Waals surface area contributed by atoms with E-state index >= 15 is 0 Å². The van der Waals surface area contributed by atoms with Gasteiger partial charge >= 0.3 is 0 Å². The molecule has 2 aromatic carbocycles. The minimum Gasteiger partial charge on any atom is -0.316 e. The van der Waals surface area contributed by atoms with Crippen molar-refractivity contribution in [3.05, 3.63) is 93.4 Å². The van der Waals surface area contributed by atoms with Crippen LogP contribution in [0.1, 0.15) is 36.0 Å². The third-order valence-corrected chi connectivity index (χ3v) is 6.96. The molecule has 2 atom stereocenters. The van der Waals surface area contributed by atoms with Crippen LogP contribution in [0.3, 0.4) is 0 Å². The molecule has 3 aromatic rings. The van der Waals surface area contributed by atoms with E-state index < -0.39 is 27.7 Å². The van der Waals surface area contributed by atoms with E-state index in [-0.39, 0.29) is 17.0 Å². The highest BCUT2D eigenvalue weighted by Gasteiger charge is 2.34. The first-order chi connectivity index (χ1) is 15.7. The number of pyridine rings is 1. The molecule has 0 bridgehead atoms. The highest BCUT2D eigenvalue weighted by atomic mass is 32.2. The van der Waals surface area contributed by atoms with E-state index in [2.05, 4.69) is 4.72 Å². The van der Waals surface area contributed by atoms with Crippen LogP contribution in [0, 0.1) is 11.6 Å². The van der Waals surface area contributed by atoms with Crippen molar-refractivity contribution in [1.82, 2.24) is 9.29 Å². The Balaban J connectivity index is 1.78. The van der Waals surface area contributed by atoms with Gasteiger partial charge in [0.15, 0.2) is 11.6 Å². The average Bonchev–Trinajstić information content (AvgIpc) is 2.76. The predicted octanol–water partition coefficient (Wildman–Crippen LogP) is 4.00. The molecule has 0 saturated heterocycles. The normalized spacial score (nSPS) is 18.2. The number of aromatic nitrogens is 1. The molecule has 1 N–H and O–H groups in total. The standard InChI is InChI=1S/C25H26F2N2O3S/c1-3-29-13-12-17-10-11-22(28-33(2,31)32)20(23(17)25(29)30)15-16-6-4-7-18(14-16)19-8-5-9-21(26)24(19)27/h4-9,12-14,20,22,28H,3,10-11,15H2,1-2H3/t20-,22-/m0/s1. The number of sulfonamides is 1. The van der Waals surface area contributed by atoms with Gasteiger partial charge in [-0.2, -0.15) is 0 Å².